The summed E-state index contributed by atoms with van der Waals surface area (Å²) in [7, 11) is 0. The lowest BCUT2D eigenvalue weighted by Gasteiger charge is -2.55. The van der Waals surface area contributed by atoms with Crippen molar-refractivity contribution in [3.63, 3.8) is 0 Å². The smallest absolute Gasteiger partial charge is 0.342 e. The molecule has 0 radical (unpaired) electrons. The fourth-order valence-corrected chi connectivity index (χ4v) is 5.26. The molecule has 1 spiro atoms. The van der Waals surface area contributed by atoms with E-state index in [-0.39, 0.29) is 19.4 Å². The maximum absolute atomic E-state index is 12.5. The zero-order valence-corrected chi connectivity index (χ0v) is 11.8. The van der Waals surface area contributed by atoms with Crippen LogP contribution in [-0.2, 0) is 19.1 Å². The molecule has 3 N–H and O–H groups in total. The second-order valence-electron chi connectivity index (χ2n) is 7.16. The lowest BCUT2D eigenvalue weighted by molar-refractivity contribution is -0.240. The van der Waals surface area contributed by atoms with Crippen molar-refractivity contribution < 1.29 is 34.4 Å². The summed E-state index contributed by atoms with van der Waals surface area (Å²) in [5, 5.41) is 32.5. The summed E-state index contributed by atoms with van der Waals surface area (Å²) < 4.78 is 10.3. The third-order valence-corrected chi connectivity index (χ3v) is 6.74. The van der Waals surface area contributed by atoms with E-state index in [0.29, 0.717) is 0 Å². The van der Waals surface area contributed by atoms with E-state index in [0.717, 1.165) is 0 Å². The van der Waals surface area contributed by atoms with E-state index in [1.165, 1.54) is 6.92 Å². The van der Waals surface area contributed by atoms with E-state index in [2.05, 4.69) is 0 Å². The average molecular weight is 298 g/mol. The molecule has 2 aliphatic heterocycles. The topological polar surface area (TPSA) is 113 Å². The van der Waals surface area contributed by atoms with Crippen molar-refractivity contribution in [2.45, 2.75) is 50.1 Å². The van der Waals surface area contributed by atoms with E-state index in [1.807, 2.05) is 0 Å². The molecule has 2 saturated heterocycles. The van der Waals surface area contributed by atoms with Gasteiger partial charge in [0.15, 0.2) is 0 Å². The van der Waals surface area contributed by atoms with Crippen LogP contribution in [0.1, 0.15) is 26.7 Å². The number of aliphatic hydroxyl groups is 3. The minimum Gasteiger partial charge on any atom is -0.463 e. The van der Waals surface area contributed by atoms with Crippen LogP contribution in [0.3, 0.4) is 0 Å². The van der Waals surface area contributed by atoms with Crippen LogP contribution in [0.25, 0.3) is 0 Å². The molecule has 0 aromatic rings. The summed E-state index contributed by atoms with van der Waals surface area (Å²) in [6.45, 7) is 3.02. The van der Waals surface area contributed by atoms with Gasteiger partial charge >= 0.3 is 11.9 Å². The third kappa shape index (κ3) is 0.977. The number of aliphatic hydroxyl groups excluding tert-OH is 1. The van der Waals surface area contributed by atoms with E-state index in [1.54, 1.807) is 6.92 Å². The van der Waals surface area contributed by atoms with Crippen LogP contribution in [0.5, 0.6) is 0 Å². The molecule has 0 aromatic carbocycles. The van der Waals surface area contributed by atoms with Crippen LogP contribution < -0.4 is 0 Å². The molecule has 1 unspecified atom stereocenters. The van der Waals surface area contributed by atoms with Crippen molar-refractivity contribution in [1.29, 1.82) is 0 Å². The van der Waals surface area contributed by atoms with Gasteiger partial charge in [-0.2, -0.15) is 0 Å². The third-order valence-electron chi connectivity index (χ3n) is 6.74. The molecule has 2 heterocycles. The molecule has 4 aliphatic rings. The van der Waals surface area contributed by atoms with Crippen LogP contribution in [-0.4, -0.2) is 57.3 Å². The van der Waals surface area contributed by atoms with E-state index in [4.69, 9.17) is 9.47 Å². The molecule has 4 fully saturated rings. The summed E-state index contributed by atoms with van der Waals surface area (Å²) in [5.41, 5.74) is -6.50. The van der Waals surface area contributed by atoms with Crippen molar-refractivity contribution in [1.82, 2.24) is 0 Å². The molecule has 0 aromatic heterocycles. The van der Waals surface area contributed by atoms with Gasteiger partial charge in [0.05, 0.1) is 17.1 Å². The highest BCUT2D eigenvalue weighted by Crippen LogP contribution is 2.72. The summed E-state index contributed by atoms with van der Waals surface area (Å²) in [4.78, 5) is 24.6. The molecule has 21 heavy (non-hydrogen) atoms. The first-order valence-electron chi connectivity index (χ1n) is 7.16. The lowest BCUT2D eigenvalue weighted by Crippen LogP contribution is -2.73. The fourth-order valence-electron chi connectivity index (χ4n) is 5.26. The molecule has 7 atom stereocenters. The van der Waals surface area contributed by atoms with Crippen molar-refractivity contribution in [3.05, 3.63) is 0 Å². The molecule has 7 nitrogen and oxygen atoms in total. The van der Waals surface area contributed by atoms with E-state index >= 15 is 0 Å². The molecule has 7 heteroatoms. The van der Waals surface area contributed by atoms with Gasteiger partial charge in [-0.3, -0.25) is 4.79 Å². The van der Waals surface area contributed by atoms with Gasteiger partial charge in [0.1, 0.15) is 18.1 Å². The molecule has 2 bridgehead atoms. The van der Waals surface area contributed by atoms with Crippen molar-refractivity contribution in [2.75, 3.05) is 6.61 Å². The predicted octanol–water partition coefficient (Wildman–Crippen LogP) is -1.27. The maximum atomic E-state index is 12.5. The number of hydrogen-bond donors (Lipinski definition) is 3. The average Bonchev–Trinajstić information content (AvgIpc) is 2.95. The Balaban J connectivity index is 2.02. The quantitative estimate of drug-likeness (QED) is 0.478. The van der Waals surface area contributed by atoms with Gasteiger partial charge < -0.3 is 24.8 Å². The second kappa shape index (κ2) is 3.26. The summed E-state index contributed by atoms with van der Waals surface area (Å²) >= 11 is 0. The first-order valence-corrected chi connectivity index (χ1v) is 7.16. The van der Waals surface area contributed by atoms with Gasteiger partial charge in [0.2, 0.25) is 5.60 Å². The van der Waals surface area contributed by atoms with E-state index < -0.39 is 52.1 Å². The fraction of sp³-hybridized carbons (Fsp3) is 0.857. The van der Waals surface area contributed by atoms with Crippen LogP contribution in [0.2, 0.25) is 0 Å². The normalized spacial score (nSPS) is 61.3. The zero-order chi connectivity index (χ0) is 15.4. The lowest BCUT2D eigenvalue weighted by atomic mass is 9.47. The Kier molecular flexibility index (Phi) is 2.09. The number of cyclic esters (lactones) is 1. The monoisotopic (exact) mass is 298 g/mol. The van der Waals surface area contributed by atoms with Crippen LogP contribution in [0, 0.1) is 16.7 Å². The first kappa shape index (κ1) is 13.5. The second-order valence-corrected chi connectivity index (χ2v) is 7.16. The van der Waals surface area contributed by atoms with Crippen LogP contribution in [0.15, 0.2) is 0 Å². The number of ether oxygens (including phenoxy) is 2. The molecule has 4 rings (SSSR count). The largest absolute Gasteiger partial charge is 0.463 e. The molecular formula is C14H18O7. The Bertz CT molecular complexity index is 576. The predicted molar refractivity (Wildman–Crippen MR) is 65.7 cm³/mol. The number of carbonyl (C=O) groups is 2. The highest BCUT2D eigenvalue weighted by Gasteiger charge is 2.88. The molecule has 2 aliphatic carbocycles. The minimum atomic E-state index is -2.07. The summed E-state index contributed by atoms with van der Waals surface area (Å²) in [5.74, 6) is -2.03. The molecular weight excluding hydrogens is 280 g/mol. The van der Waals surface area contributed by atoms with Gasteiger partial charge in [0, 0.05) is 18.8 Å². The van der Waals surface area contributed by atoms with Crippen molar-refractivity contribution >= 4 is 11.9 Å². The van der Waals surface area contributed by atoms with Gasteiger partial charge in [-0.05, 0) is 6.92 Å². The number of carbonyl (C=O) groups excluding carboxylic acids is 2. The van der Waals surface area contributed by atoms with E-state index in [9.17, 15) is 24.9 Å². The number of rotatable bonds is 0. The maximum Gasteiger partial charge on any atom is 0.342 e. The zero-order valence-electron chi connectivity index (χ0n) is 11.8. The molecule has 2 saturated carbocycles. The van der Waals surface area contributed by atoms with Gasteiger partial charge in [-0.25, -0.2) is 4.79 Å². The van der Waals surface area contributed by atoms with Gasteiger partial charge in [0.25, 0.3) is 0 Å². The van der Waals surface area contributed by atoms with Crippen LogP contribution in [0.4, 0.5) is 0 Å². The van der Waals surface area contributed by atoms with Crippen molar-refractivity contribution in [3.8, 4) is 0 Å². The Morgan fingerprint density at radius 3 is 2.52 bits per heavy atom. The molecule has 0 amide bonds. The molecule has 116 valence electrons. The summed E-state index contributed by atoms with van der Waals surface area (Å²) in [6.07, 6.45) is -2.03. The number of fused-ring (bicyclic) bond motifs is 4. The Morgan fingerprint density at radius 1 is 1.19 bits per heavy atom. The highest BCUT2D eigenvalue weighted by molar-refractivity contribution is 5.91. The van der Waals surface area contributed by atoms with Gasteiger partial charge in [-0.15, -0.1) is 0 Å². The SMILES string of the molecule is C[C@@H]1[C@H](O)C[C@@]2(O)C13C[C@@H](OC3=O)[C@@]1(O)C(=O)OC[C@@]21C. The Labute approximate surface area is 120 Å². The minimum absolute atomic E-state index is 0.0156. The Morgan fingerprint density at radius 2 is 1.86 bits per heavy atom. The standard InChI is InChI=1S/C14H18O7/c1-6-7(15)3-13(18)11(2)5-20-10(17)14(11,19)8-4-12(6,13)9(16)21-8/h6-8,15,18-19H,3-5H2,1-2H3/t6-,7-,8-,11+,12?,13+,14-/m1/s1. The number of hydrogen-bond acceptors (Lipinski definition) is 7. The first-order chi connectivity index (χ1) is 9.65. The Hall–Kier alpha value is -1.18. The van der Waals surface area contributed by atoms with Crippen molar-refractivity contribution in [2.24, 2.45) is 16.7 Å². The summed E-state index contributed by atoms with van der Waals surface area (Å²) in [6, 6.07) is 0. The number of esters is 2. The van der Waals surface area contributed by atoms with Crippen LogP contribution >= 0.6 is 0 Å². The highest BCUT2D eigenvalue weighted by atomic mass is 16.6. The van der Waals surface area contributed by atoms with Gasteiger partial charge in [-0.1, -0.05) is 6.92 Å².